The van der Waals surface area contributed by atoms with Crippen molar-refractivity contribution in [1.29, 1.82) is 0 Å². The molecule has 10 nitrogen and oxygen atoms in total. The molecule has 8 atom stereocenters. The van der Waals surface area contributed by atoms with Crippen molar-refractivity contribution in [2.45, 2.75) is 136 Å². The molecule has 0 aliphatic carbocycles. The summed E-state index contributed by atoms with van der Waals surface area (Å²) in [7, 11) is -9.77. The van der Waals surface area contributed by atoms with E-state index in [2.05, 4.69) is 72.8 Å². The van der Waals surface area contributed by atoms with E-state index in [1.54, 1.807) is 13.8 Å². The Labute approximate surface area is 251 Å². The molecule has 0 bridgehead atoms. The largest absolute Gasteiger partial charge is 0.532 e. The summed E-state index contributed by atoms with van der Waals surface area (Å²) >= 11 is 0. The highest BCUT2D eigenvalue weighted by molar-refractivity contribution is 7.49. The van der Waals surface area contributed by atoms with Gasteiger partial charge in [0.15, 0.2) is 25.0 Å². The van der Waals surface area contributed by atoms with E-state index in [9.17, 15) is 9.36 Å². The molecule has 2 fully saturated rings. The second-order valence-electron chi connectivity index (χ2n) is 14.1. The maximum absolute atomic E-state index is 13.0. The first-order chi connectivity index (χ1) is 18.7. The highest BCUT2D eigenvalue weighted by atomic mass is 31.2. The van der Waals surface area contributed by atoms with Crippen LogP contribution in [0.25, 0.3) is 0 Å². The Hall–Kier alpha value is 0.0706. The number of ether oxygens (including phenoxy) is 2. The average molecular weight is 657 g/mol. The summed E-state index contributed by atoms with van der Waals surface area (Å²) in [4.78, 5) is 13.0. The molecule has 0 spiro atoms. The molecule has 0 aromatic rings. The van der Waals surface area contributed by atoms with Gasteiger partial charge in [-0.15, -0.1) is 0 Å². The summed E-state index contributed by atoms with van der Waals surface area (Å²) in [6.07, 6.45) is -0.414. The van der Waals surface area contributed by atoms with Crippen LogP contribution in [0.1, 0.15) is 40.5 Å². The topological polar surface area (TPSA) is 111 Å². The monoisotopic (exact) mass is 656 g/mol. The minimum absolute atomic E-state index is 0.0312. The number of carbonyl (C=O) groups is 1. The van der Waals surface area contributed by atoms with Crippen LogP contribution in [-0.4, -0.2) is 87.4 Å². The quantitative estimate of drug-likeness (QED) is 0.0966. The maximum Gasteiger partial charge on any atom is 0.532 e. The van der Waals surface area contributed by atoms with Crippen molar-refractivity contribution in [2.75, 3.05) is 19.8 Å². The highest BCUT2D eigenvalue weighted by Gasteiger charge is 2.52. The van der Waals surface area contributed by atoms with Crippen molar-refractivity contribution in [2.24, 2.45) is 11.8 Å². The SMILES string of the molecule is CCOP(=O)(OCC)OC(=O)C[C@@H]1OC[C@H](C[C@@H]2O[C@H]2[C@@H](C)[C@H](C)O[Si](C)(C)C)[C@@H](O[Si](C)(C)C)[C@H]1O[Si](C)(C)C. The minimum atomic E-state index is -4.00. The van der Waals surface area contributed by atoms with Gasteiger partial charge in [0.25, 0.3) is 0 Å². The van der Waals surface area contributed by atoms with Crippen LogP contribution < -0.4 is 0 Å². The fraction of sp³-hybridized carbons (Fsp3) is 0.963. The number of rotatable bonds is 17. The van der Waals surface area contributed by atoms with Crippen molar-refractivity contribution >= 4 is 38.7 Å². The van der Waals surface area contributed by atoms with Crippen LogP contribution in [0.2, 0.25) is 58.9 Å². The van der Waals surface area contributed by atoms with Gasteiger partial charge >= 0.3 is 13.8 Å². The van der Waals surface area contributed by atoms with Crippen molar-refractivity contribution in [3.8, 4) is 0 Å². The van der Waals surface area contributed by atoms with Crippen LogP contribution in [0.5, 0.6) is 0 Å². The Balaban J connectivity index is 2.22. The van der Waals surface area contributed by atoms with E-state index in [1.807, 2.05) is 0 Å². The van der Waals surface area contributed by atoms with Crippen molar-refractivity contribution in [3.05, 3.63) is 0 Å². The molecule has 14 heteroatoms. The molecule has 41 heavy (non-hydrogen) atoms. The van der Waals surface area contributed by atoms with Gasteiger partial charge in [0, 0.05) is 17.9 Å². The Morgan fingerprint density at radius 2 is 1.39 bits per heavy atom. The lowest BCUT2D eigenvalue weighted by molar-refractivity contribution is -0.166. The predicted octanol–water partition coefficient (Wildman–Crippen LogP) is 6.59. The van der Waals surface area contributed by atoms with E-state index in [0.717, 1.165) is 6.42 Å². The molecule has 0 unspecified atom stereocenters. The van der Waals surface area contributed by atoms with Crippen LogP contribution in [0.4, 0.5) is 0 Å². The molecular formula is C27H57O10PSi3. The number of phosphoric ester groups is 1. The van der Waals surface area contributed by atoms with Gasteiger partial charge in [0.2, 0.25) is 0 Å². The van der Waals surface area contributed by atoms with Gasteiger partial charge in [-0.2, -0.15) is 0 Å². The normalized spacial score (nSPS) is 29.2. The first kappa shape index (κ1) is 37.3. The molecule has 2 aliphatic rings. The molecular weight excluding hydrogens is 600 g/mol. The summed E-state index contributed by atoms with van der Waals surface area (Å²) in [5, 5.41) is 0. The molecule has 2 aliphatic heterocycles. The first-order valence-corrected chi connectivity index (χ1v) is 26.8. The van der Waals surface area contributed by atoms with Gasteiger partial charge in [-0.1, -0.05) is 6.92 Å². The molecule has 0 saturated carbocycles. The summed E-state index contributed by atoms with van der Waals surface area (Å²) in [6.45, 7) is 27.6. The van der Waals surface area contributed by atoms with Crippen molar-refractivity contribution in [1.82, 2.24) is 0 Å². The summed E-state index contributed by atoms with van der Waals surface area (Å²) in [5.41, 5.74) is 0. The molecule has 0 aromatic heterocycles. The van der Waals surface area contributed by atoms with Crippen LogP contribution in [0.15, 0.2) is 0 Å². The zero-order valence-corrected chi connectivity index (χ0v) is 31.6. The zero-order chi connectivity index (χ0) is 31.4. The van der Waals surface area contributed by atoms with Gasteiger partial charge in [0.1, 0.15) is 0 Å². The lowest BCUT2D eigenvalue weighted by Gasteiger charge is -2.46. The van der Waals surface area contributed by atoms with Gasteiger partial charge in [-0.05, 0) is 86.1 Å². The fourth-order valence-corrected chi connectivity index (χ4v) is 9.90. The van der Waals surface area contributed by atoms with Crippen LogP contribution in [0.3, 0.4) is 0 Å². The Morgan fingerprint density at radius 1 is 0.854 bits per heavy atom. The molecule has 0 aromatic carbocycles. The summed E-state index contributed by atoms with van der Waals surface area (Å²) in [5.74, 6) is -0.412. The van der Waals surface area contributed by atoms with Gasteiger partial charge < -0.3 is 27.3 Å². The average Bonchev–Trinajstić information content (AvgIpc) is 3.53. The minimum Gasteiger partial charge on any atom is -0.415 e. The number of hydrogen-bond donors (Lipinski definition) is 0. The van der Waals surface area contributed by atoms with E-state index in [-0.39, 0.29) is 55.9 Å². The smallest absolute Gasteiger partial charge is 0.415 e. The molecule has 242 valence electrons. The van der Waals surface area contributed by atoms with Gasteiger partial charge in [-0.25, -0.2) is 4.57 Å². The van der Waals surface area contributed by atoms with Gasteiger partial charge in [0.05, 0.1) is 56.8 Å². The lowest BCUT2D eigenvalue weighted by atomic mass is 9.86. The standard InChI is InChI=1S/C27H57O10PSi3/c1-14-31-38(29,32-15-2)34-24(28)17-22-27(37-41(11,12)13)26(36-40(8,9)10)21(18-30-22)16-23-25(33-23)19(3)20(4)35-39(5,6)7/h19-23,25-27H,14-18H2,1-13H3/t19-,20-,21-,22-,23-,25-,26+,27-/m0/s1. The van der Waals surface area contributed by atoms with Crippen molar-refractivity contribution < 1.29 is 45.7 Å². The second-order valence-corrected chi connectivity index (χ2v) is 29.1. The van der Waals surface area contributed by atoms with Crippen LogP contribution >= 0.6 is 7.82 Å². The molecule has 2 saturated heterocycles. The van der Waals surface area contributed by atoms with E-state index in [0.29, 0.717) is 6.61 Å². The van der Waals surface area contributed by atoms with E-state index < -0.39 is 51.0 Å². The van der Waals surface area contributed by atoms with Crippen molar-refractivity contribution in [3.63, 3.8) is 0 Å². The second kappa shape index (κ2) is 14.9. The molecule has 0 N–H and O–H groups in total. The Bertz CT molecular complexity index is 878. The Morgan fingerprint density at radius 3 is 1.88 bits per heavy atom. The summed E-state index contributed by atoms with van der Waals surface area (Å²) in [6, 6.07) is 0. The predicted molar refractivity (Wildman–Crippen MR) is 168 cm³/mol. The number of carbonyl (C=O) groups excluding carboxylic acids is 1. The zero-order valence-electron chi connectivity index (χ0n) is 27.7. The third-order valence-electron chi connectivity index (χ3n) is 6.77. The maximum atomic E-state index is 13.0. The summed E-state index contributed by atoms with van der Waals surface area (Å²) < 4.78 is 60.7. The molecule has 0 amide bonds. The highest BCUT2D eigenvalue weighted by Crippen LogP contribution is 2.50. The first-order valence-electron chi connectivity index (χ1n) is 15.1. The van der Waals surface area contributed by atoms with Gasteiger partial charge in [-0.3, -0.25) is 13.8 Å². The lowest BCUT2D eigenvalue weighted by Crippen LogP contribution is -2.58. The Kier molecular flexibility index (Phi) is 13.5. The van der Waals surface area contributed by atoms with E-state index >= 15 is 0 Å². The molecule has 2 rings (SSSR count). The molecule has 2 heterocycles. The number of phosphoric acid groups is 1. The van der Waals surface area contributed by atoms with E-state index in [1.165, 1.54) is 0 Å². The third-order valence-corrected chi connectivity index (χ3v) is 11.4. The van der Waals surface area contributed by atoms with Crippen LogP contribution in [-0.2, 0) is 45.7 Å². The molecule has 0 radical (unpaired) electrons. The number of epoxide rings is 1. The van der Waals surface area contributed by atoms with E-state index in [4.69, 9.17) is 36.3 Å². The van der Waals surface area contributed by atoms with Crippen LogP contribution in [0, 0.1) is 11.8 Å². The number of hydrogen-bond acceptors (Lipinski definition) is 10. The third kappa shape index (κ3) is 12.9. The fourth-order valence-electron chi connectivity index (χ4n) is 5.19.